The third-order valence-electron chi connectivity index (χ3n) is 6.68. The molecule has 40 heavy (non-hydrogen) atoms. The molecule has 0 aliphatic carbocycles. The summed E-state index contributed by atoms with van der Waals surface area (Å²) in [5.41, 5.74) is 10.5. The summed E-state index contributed by atoms with van der Waals surface area (Å²) >= 11 is 0. The average molecular weight is 695 g/mol. The number of aryl methyl sites for hydroxylation is 2. The van der Waals surface area contributed by atoms with Gasteiger partial charge in [-0.25, -0.2) is 0 Å². The predicted octanol–water partition coefficient (Wildman–Crippen LogP) is 9.28. The fourth-order valence-electron chi connectivity index (χ4n) is 4.62. The maximum Gasteiger partial charge on any atom is 0.120 e. The van der Waals surface area contributed by atoms with Crippen LogP contribution in [0.3, 0.4) is 0 Å². The van der Waals surface area contributed by atoms with Crippen LogP contribution in [0.15, 0.2) is 126 Å². The third kappa shape index (κ3) is 5.79. The van der Waals surface area contributed by atoms with Crippen molar-refractivity contribution in [2.75, 3.05) is 0 Å². The van der Waals surface area contributed by atoms with E-state index in [4.69, 9.17) is 4.42 Å². The standard InChI is InChI=1S/C18H12NO.C18H14N.Ir/c1-12-6-8-16(19-11-12)13-7-9-18-15(10-13)14-4-2-3-5-17(14)20-18;1-14-12-18(16-10-6-3-7-11-16)19-13-17(14)15-8-4-2-5-9-15;/h2-6,8-11H,1H3;2-10,12-13H,1H3;/q2*-1;. The van der Waals surface area contributed by atoms with Crippen LogP contribution in [0.5, 0.6) is 0 Å². The van der Waals surface area contributed by atoms with Gasteiger partial charge in [-0.15, -0.1) is 59.7 Å². The van der Waals surface area contributed by atoms with Gasteiger partial charge in [0.15, 0.2) is 0 Å². The summed E-state index contributed by atoms with van der Waals surface area (Å²) in [6.45, 7) is 4.16. The Kier molecular flexibility index (Phi) is 8.31. The molecule has 0 fully saturated rings. The Bertz CT molecular complexity index is 1860. The molecular formula is C36H26IrN2O-2. The number of para-hydroxylation sites is 1. The number of aromatic nitrogens is 2. The summed E-state index contributed by atoms with van der Waals surface area (Å²) in [5, 5.41) is 2.24. The normalized spacial score (nSPS) is 10.6. The van der Waals surface area contributed by atoms with Crippen LogP contribution in [-0.4, -0.2) is 9.97 Å². The summed E-state index contributed by atoms with van der Waals surface area (Å²) in [5.74, 6) is 0. The Morgan fingerprint density at radius 2 is 1.40 bits per heavy atom. The molecule has 4 heteroatoms. The molecule has 4 aromatic carbocycles. The van der Waals surface area contributed by atoms with E-state index in [1.54, 1.807) is 0 Å². The zero-order chi connectivity index (χ0) is 26.6. The van der Waals surface area contributed by atoms with E-state index in [-0.39, 0.29) is 20.1 Å². The second-order valence-corrected chi connectivity index (χ2v) is 9.47. The van der Waals surface area contributed by atoms with E-state index in [1.165, 1.54) is 16.7 Å². The number of furan rings is 1. The molecule has 0 spiro atoms. The topological polar surface area (TPSA) is 38.9 Å². The molecule has 3 aromatic heterocycles. The smallest absolute Gasteiger partial charge is 0.120 e. The molecule has 7 aromatic rings. The van der Waals surface area contributed by atoms with E-state index < -0.39 is 0 Å². The van der Waals surface area contributed by atoms with Gasteiger partial charge in [0.2, 0.25) is 0 Å². The fourth-order valence-corrected chi connectivity index (χ4v) is 4.62. The molecular weight excluding hydrogens is 669 g/mol. The fraction of sp³-hybridized carbons (Fsp3) is 0.0556. The van der Waals surface area contributed by atoms with Crippen molar-refractivity contribution in [3.8, 4) is 33.6 Å². The van der Waals surface area contributed by atoms with Gasteiger partial charge in [-0.2, -0.15) is 0 Å². The molecule has 0 bridgehead atoms. The average Bonchev–Trinajstić information content (AvgIpc) is 3.37. The molecule has 0 N–H and O–H groups in total. The van der Waals surface area contributed by atoms with Gasteiger partial charge in [-0.1, -0.05) is 72.1 Å². The predicted molar refractivity (Wildman–Crippen MR) is 159 cm³/mol. The van der Waals surface area contributed by atoms with Gasteiger partial charge >= 0.3 is 0 Å². The number of pyridine rings is 2. The molecule has 197 valence electrons. The van der Waals surface area contributed by atoms with Crippen molar-refractivity contribution >= 4 is 21.9 Å². The van der Waals surface area contributed by atoms with Crippen LogP contribution in [0.4, 0.5) is 0 Å². The quantitative estimate of drug-likeness (QED) is 0.173. The van der Waals surface area contributed by atoms with Gasteiger partial charge in [0.1, 0.15) is 5.58 Å². The van der Waals surface area contributed by atoms with Gasteiger partial charge in [-0.05, 0) is 48.0 Å². The zero-order valence-electron chi connectivity index (χ0n) is 22.2. The summed E-state index contributed by atoms with van der Waals surface area (Å²) in [7, 11) is 0. The minimum atomic E-state index is 0. The monoisotopic (exact) mass is 695 g/mol. The minimum absolute atomic E-state index is 0. The summed E-state index contributed by atoms with van der Waals surface area (Å²) in [6.07, 6.45) is 3.82. The first-order valence-corrected chi connectivity index (χ1v) is 12.9. The Morgan fingerprint density at radius 3 is 2.15 bits per heavy atom. The van der Waals surface area contributed by atoms with Gasteiger partial charge in [0.05, 0.1) is 5.58 Å². The van der Waals surface area contributed by atoms with Crippen molar-refractivity contribution in [1.29, 1.82) is 0 Å². The van der Waals surface area contributed by atoms with Crippen molar-refractivity contribution in [3.63, 3.8) is 0 Å². The van der Waals surface area contributed by atoms with Crippen LogP contribution in [0, 0.1) is 26.0 Å². The van der Waals surface area contributed by atoms with Crippen LogP contribution < -0.4 is 0 Å². The number of hydrogen-bond acceptors (Lipinski definition) is 3. The van der Waals surface area contributed by atoms with Crippen LogP contribution in [-0.2, 0) is 20.1 Å². The third-order valence-corrected chi connectivity index (χ3v) is 6.68. The molecule has 0 aliphatic rings. The van der Waals surface area contributed by atoms with Crippen LogP contribution >= 0.6 is 0 Å². The summed E-state index contributed by atoms with van der Waals surface area (Å²) in [6, 6.07) is 43.0. The van der Waals surface area contributed by atoms with E-state index in [9.17, 15) is 0 Å². The molecule has 0 saturated heterocycles. The van der Waals surface area contributed by atoms with Gasteiger partial charge < -0.3 is 14.4 Å². The molecule has 0 amide bonds. The Balaban J connectivity index is 0.000000158. The maximum atomic E-state index is 5.81. The number of hydrogen-bond donors (Lipinski definition) is 0. The van der Waals surface area contributed by atoms with Crippen molar-refractivity contribution in [2.24, 2.45) is 0 Å². The molecule has 1 radical (unpaired) electrons. The molecule has 7 rings (SSSR count). The molecule has 3 heterocycles. The largest absolute Gasteiger partial charge is 0.500 e. The minimum Gasteiger partial charge on any atom is -0.500 e. The number of rotatable bonds is 3. The first-order valence-electron chi connectivity index (χ1n) is 12.9. The molecule has 0 aliphatic heterocycles. The SMILES string of the molecule is Cc1cc(-c2[c-]cccc2)ncc1-c1ccccc1.Cc1ccc(-c2[c-]cc3oc4ccccc4c3c2)nc1.[Ir]. The van der Waals surface area contributed by atoms with E-state index in [2.05, 4.69) is 65.4 Å². The van der Waals surface area contributed by atoms with Crippen LogP contribution in [0.1, 0.15) is 11.1 Å². The first-order chi connectivity index (χ1) is 19.2. The second kappa shape index (κ2) is 12.2. The van der Waals surface area contributed by atoms with E-state index in [1.807, 2.05) is 92.1 Å². The zero-order valence-corrected chi connectivity index (χ0v) is 24.6. The Labute approximate surface area is 247 Å². The van der Waals surface area contributed by atoms with E-state index in [0.717, 1.165) is 50.0 Å². The maximum absolute atomic E-state index is 5.81. The van der Waals surface area contributed by atoms with E-state index in [0.29, 0.717) is 0 Å². The van der Waals surface area contributed by atoms with Crippen LogP contribution in [0.2, 0.25) is 0 Å². The van der Waals surface area contributed by atoms with Crippen LogP contribution in [0.25, 0.3) is 55.6 Å². The first kappa shape index (κ1) is 27.2. The van der Waals surface area contributed by atoms with Crippen molar-refractivity contribution in [2.45, 2.75) is 13.8 Å². The number of nitrogens with zero attached hydrogens (tertiary/aromatic N) is 2. The Hall–Kier alpha value is -4.37. The molecule has 0 unspecified atom stereocenters. The number of benzene rings is 4. The molecule has 3 nitrogen and oxygen atoms in total. The molecule has 0 atom stereocenters. The number of fused-ring (bicyclic) bond motifs is 3. The van der Waals surface area contributed by atoms with Crippen molar-refractivity contribution < 1.29 is 24.5 Å². The van der Waals surface area contributed by atoms with E-state index >= 15 is 0 Å². The van der Waals surface area contributed by atoms with Gasteiger partial charge in [-0.3, -0.25) is 0 Å². The molecule has 0 saturated carbocycles. The van der Waals surface area contributed by atoms with Crippen molar-refractivity contribution in [3.05, 3.63) is 145 Å². The van der Waals surface area contributed by atoms with Crippen molar-refractivity contribution in [1.82, 2.24) is 9.97 Å². The summed E-state index contributed by atoms with van der Waals surface area (Å²) in [4.78, 5) is 9.01. The second-order valence-electron chi connectivity index (χ2n) is 9.47. The Morgan fingerprint density at radius 1 is 0.625 bits per heavy atom. The van der Waals surface area contributed by atoms with Gasteiger partial charge in [0.25, 0.3) is 0 Å². The summed E-state index contributed by atoms with van der Waals surface area (Å²) < 4.78 is 5.81. The van der Waals surface area contributed by atoms with Gasteiger partial charge in [0, 0.05) is 43.4 Å².